The Morgan fingerprint density at radius 2 is 2.27 bits per heavy atom. The molecule has 1 N–H and O–H groups in total. The lowest BCUT2D eigenvalue weighted by atomic mass is 10.1. The maximum atomic E-state index is 5.45. The highest BCUT2D eigenvalue weighted by molar-refractivity contribution is 5.16. The molecule has 0 bridgehead atoms. The first-order valence-corrected chi connectivity index (χ1v) is 5.64. The number of furan rings is 1. The molecule has 0 aliphatic carbocycles. The Hall–Kier alpha value is -0.800. The van der Waals surface area contributed by atoms with Crippen molar-refractivity contribution in [3.63, 3.8) is 0 Å². The van der Waals surface area contributed by atoms with Crippen LogP contribution in [0.2, 0.25) is 0 Å². The molecular weight excluding hydrogens is 190 g/mol. The van der Waals surface area contributed by atoms with Crippen molar-refractivity contribution in [1.82, 2.24) is 5.32 Å². The summed E-state index contributed by atoms with van der Waals surface area (Å²) in [5.41, 5.74) is 1.18. The number of rotatable bonds is 7. The second kappa shape index (κ2) is 6.64. The number of hydrogen-bond acceptors (Lipinski definition) is 3. The second-order valence-corrected chi connectivity index (χ2v) is 3.66. The average molecular weight is 211 g/mol. The largest absolute Gasteiger partial charge is 0.469 e. The molecule has 3 nitrogen and oxygen atoms in total. The van der Waals surface area contributed by atoms with Gasteiger partial charge in [-0.25, -0.2) is 0 Å². The van der Waals surface area contributed by atoms with Gasteiger partial charge in [0.2, 0.25) is 0 Å². The maximum absolute atomic E-state index is 5.45. The van der Waals surface area contributed by atoms with Gasteiger partial charge in [-0.1, -0.05) is 6.92 Å². The van der Waals surface area contributed by atoms with Crippen LogP contribution in [0, 0.1) is 6.92 Å². The summed E-state index contributed by atoms with van der Waals surface area (Å²) in [5.74, 6) is 0.949. The van der Waals surface area contributed by atoms with Crippen LogP contribution >= 0.6 is 0 Å². The predicted molar refractivity (Wildman–Crippen MR) is 61.0 cm³/mol. The van der Waals surface area contributed by atoms with Crippen molar-refractivity contribution >= 4 is 0 Å². The Morgan fingerprint density at radius 1 is 1.47 bits per heavy atom. The van der Waals surface area contributed by atoms with Crippen molar-refractivity contribution in [2.24, 2.45) is 0 Å². The molecular formula is C12H21NO2. The van der Waals surface area contributed by atoms with Gasteiger partial charge in [-0.3, -0.25) is 0 Å². The first-order valence-electron chi connectivity index (χ1n) is 5.64. The van der Waals surface area contributed by atoms with E-state index in [0.29, 0.717) is 6.61 Å². The zero-order valence-electron chi connectivity index (χ0n) is 9.88. The lowest BCUT2D eigenvalue weighted by Gasteiger charge is -2.16. The van der Waals surface area contributed by atoms with E-state index >= 15 is 0 Å². The molecule has 1 heterocycles. The van der Waals surface area contributed by atoms with E-state index in [4.69, 9.17) is 9.15 Å². The van der Waals surface area contributed by atoms with E-state index in [2.05, 4.69) is 18.3 Å². The van der Waals surface area contributed by atoms with Crippen molar-refractivity contribution in [3.05, 3.63) is 23.7 Å². The van der Waals surface area contributed by atoms with Gasteiger partial charge in [-0.2, -0.15) is 0 Å². The molecule has 1 atom stereocenters. The van der Waals surface area contributed by atoms with Gasteiger partial charge in [0.05, 0.1) is 18.9 Å². The minimum atomic E-state index is 0.252. The van der Waals surface area contributed by atoms with Crippen LogP contribution < -0.4 is 5.32 Å². The molecule has 1 rings (SSSR count). The minimum Gasteiger partial charge on any atom is -0.469 e. The second-order valence-electron chi connectivity index (χ2n) is 3.66. The third-order valence-electron chi connectivity index (χ3n) is 2.28. The smallest absolute Gasteiger partial charge is 0.101 e. The molecule has 0 aliphatic heterocycles. The summed E-state index contributed by atoms with van der Waals surface area (Å²) in [4.78, 5) is 0. The zero-order chi connectivity index (χ0) is 11.1. The summed E-state index contributed by atoms with van der Waals surface area (Å²) < 4.78 is 10.8. The van der Waals surface area contributed by atoms with E-state index in [9.17, 15) is 0 Å². The summed E-state index contributed by atoms with van der Waals surface area (Å²) in [6.45, 7) is 8.59. The summed E-state index contributed by atoms with van der Waals surface area (Å²) in [5, 5.41) is 3.45. The standard InChI is InChI=1S/C12H21NO2/c1-4-6-13-12(9-14-5-2)11-7-10(3)15-8-11/h7-8,12-13H,4-6,9H2,1-3H3. The van der Waals surface area contributed by atoms with Gasteiger partial charge >= 0.3 is 0 Å². The predicted octanol–water partition coefficient (Wildman–Crippen LogP) is 2.67. The lowest BCUT2D eigenvalue weighted by molar-refractivity contribution is 0.123. The molecule has 0 saturated heterocycles. The first-order chi connectivity index (χ1) is 7.27. The van der Waals surface area contributed by atoms with Gasteiger partial charge < -0.3 is 14.5 Å². The van der Waals surface area contributed by atoms with Crippen molar-refractivity contribution in [2.75, 3.05) is 19.8 Å². The molecule has 0 fully saturated rings. The van der Waals surface area contributed by atoms with Gasteiger partial charge in [0.1, 0.15) is 5.76 Å². The quantitative estimate of drug-likeness (QED) is 0.753. The third-order valence-corrected chi connectivity index (χ3v) is 2.28. The highest BCUT2D eigenvalue weighted by Gasteiger charge is 2.12. The van der Waals surface area contributed by atoms with Crippen LogP contribution in [-0.4, -0.2) is 19.8 Å². The Morgan fingerprint density at radius 3 is 2.80 bits per heavy atom. The van der Waals surface area contributed by atoms with Crippen molar-refractivity contribution in [2.45, 2.75) is 33.2 Å². The van der Waals surface area contributed by atoms with Crippen molar-refractivity contribution in [1.29, 1.82) is 0 Å². The van der Waals surface area contributed by atoms with Gasteiger partial charge in [-0.15, -0.1) is 0 Å². The van der Waals surface area contributed by atoms with E-state index < -0.39 is 0 Å². The summed E-state index contributed by atoms with van der Waals surface area (Å²) in [6.07, 6.45) is 2.93. The zero-order valence-corrected chi connectivity index (χ0v) is 9.88. The summed E-state index contributed by atoms with van der Waals surface area (Å²) in [7, 11) is 0. The molecule has 15 heavy (non-hydrogen) atoms. The van der Waals surface area contributed by atoms with Crippen LogP contribution in [0.15, 0.2) is 16.7 Å². The normalized spacial score (nSPS) is 13.0. The SMILES string of the molecule is CCCNC(COCC)c1coc(C)c1. The number of ether oxygens (including phenoxy) is 1. The fourth-order valence-corrected chi connectivity index (χ4v) is 1.47. The van der Waals surface area contributed by atoms with Gasteiger partial charge in [-0.05, 0) is 32.9 Å². The molecule has 0 saturated carbocycles. The number of nitrogens with one attached hydrogen (secondary N) is 1. The number of hydrogen-bond donors (Lipinski definition) is 1. The highest BCUT2D eigenvalue weighted by Crippen LogP contribution is 2.16. The monoisotopic (exact) mass is 211 g/mol. The van der Waals surface area contributed by atoms with Crippen molar-refractivity contribution in [3.8, 4) is 0 Å². The Kier molecular flexibility index (Phi) is 5.43. The molecule has 0 amide bonds. The Bertz CT molecular complexity index is 262. The molecule has 0 aliphatic rings. The molecule has 86 valence electrons. The topological polar surface area (TPSA) is 34.4 Å². The highest BCUT2D eigenvalue weighted by atomic mass is 16.5. The van der Waals surface area contributed by atoms with Crippen LogP contribution in [-0.2, 0) is 4.74 Å². The molecule has 0 radical (unpaired) electrons. The fourth-order valence-electron chi connectivity index (χ4n) is 1.47. The van der Waals surface area contributed by atoms with Crippen LogP contribution in [0.5, 0.6) is 0 Å². The Labute approximate surface area is 91.8 Å². The maximum Gasteiger partial charge on any atom is 0.101 e. The fraction of sp³-hybridized carbons (Fsp3) is 0.667. The molecule has 1 unspecified atom stereocenters. The minimum absolute atomic E-state index is 0.252. The van der Waals surface area contributed by atoms with Gasteiger partial charge in [0.25, 0.3) is 0 Å². The van der Waals surface area contributed by atoms with Gasteiger partial charge in [0.15, 0.2) is 0 Å². The lowest BCUT2D eigenvalue weighted by Crippen LogP contribution is -2.26. The van der Waals surface area contributed by atoms with Crippen LogP contribution in [0.1, 0.15) is 37.6 Å². The van der Waals surface area contributed by atoms with E-state index in [1.807, 2.05) is 20.1 Å². The summed E-state index contributed by atoms with van der Waals surface area (Å²) in [6, 6.07) is 2.31. The molecule has 0 spiro atoms. The molecule has 1 aromatic rings. The van der Waals surface area contributed by atoms with E-state index in [1.165, 1.54) is 5.56 Å². The Balaban J connectivity index is 2.54. The van der Waals surface area contributed by atoms with Crippen molar-refractivity contribution < 1.29 is 9.15 Å². The van der Waals surface area contributed by atoms with Crippen LogP contribution in [0.3, 0.4) is 0 Å². The van der Waals surface area contributed by atoms with E-state index in [1.54, 1.807) is 0 Å². The average Bonchev–Trinajstić information content (AvgIpc) is 2.65. The van der Waals surface area contributed by atoms with E-state index in [0.717, 1.165) is 25.3 Å². The third kappa shape index (κ3) is 4.06. The van der Waals surface area contributed by atoms with E-state index in [-0.39, 0.29) is 6.04 Å². The van der Waals surface area contributed by atoms with Crippen LogP contribution in [0.4, 0.5) is 0 Å². The summed E-state index contributed by atoms with van der Waals surface area (Å²) >= 11 is 0. The number of aryl methyl sites for hydroxylation is 1. The van der Waals surface area contributed by atoms with Crippen LogP contribution in [0.25, 0.3) is 0 Å². The molecule has 0 aromatic carbocycles. The molecule has 3 heteroatoms. The van der Waals surface area contributed by atoms with Gasteiger partial charge in [0, 0.05) is 12.2 Å². The first kappa shape index (κ1) is 12.3. The molecule has 1 aromatic heterocycles.